The minimum Gasteiger partial charge on any atom is -0.316 e. The standard InChI is InChI=1S/C8H13N.ClH/c1-2-3-8-4-6-9-7-5-8;/h2-3,9H,1,4-7H2;1H. The number of nitrogens with one attached hydrogen (secondary N) is 1. The molecule has 58 valence electrons. The molecule has 0 aromatic heterocycles. The van der Waals surface area contributed by atoms with Crippen LogP contribution < -0.4 is 5.32 Å². The van der Waals surface area contributed by atoms with E-state index in [2.05, 4.69) is 18.0 Å². The predicted octanol–water partition coefficient (Wildman–Crippen LogP) is 1.90. The maximum absolute atomic E-state index is 3.66. The van der Waals surface area contributed by atoms with Crippen molar-refractivity contribution >= 4 is 12.4 Å². The van der Waals surface area contributed by atoms with Crippen molar-refractivity contribution in [3.05, 3.63) is 24.3 Å². The molecule has 0 atom stereocenters. The van der Waals surface area contributed by atoms with Crippen molar-refractivity contribution in [2.24, 2.45) is 0 Å². The minimum atomic E-state index is 0. The van der Waals surface area contributed by atoms with Crippen molar-refractivity contribution < 1.29 is 0 Å². The van der Waals surface area contributed by atoms with E-state index in [1.54, 1.807) is 0 Å². The average molecular weight is 160 g/mol. The summed E-state index contributed by atoms with van der Waals surface area (Å²) >= 11 is 0. The molecule has 2 heteroatoms. The van der Waals surface area contributed by atoms with E-state index in [1.807, 2.05) is 6.08 Å². The summed E-state index contributed by atoms with van der Waals surface area (Å²) in [6, 6.07) is 0. The number of halogens is 1. The van der Waals surface area contributed by atoms with E-state index in [1.165, 1.54) is 18.4 Å². The summed E-state index contributed by atoms with van der Waals surface area (Å²) in [6.07, 6.45) is 6.40. The van der Waals surface area contributed by atoms with Crippen molar-refractivity contribution in [1.82, 2.24) is 5.32 Å². The van der Waals surface area contributed by atoms with Crippen LogP contribution in [0.4, 0.5) is 0 Å². The Kier molecular flexibility index (Phi) is 5.36. The molecular weight excluding hydrogens is 146 g/mol. The fourth-order valence-corrected chi connectivity index (χ4v) is 1.08. The van der Waals surface area contributed by atoms with Crippen LogP contribution in [0.1, 0.15) is 12.8 Å². The van der Waals surface area contributed by atoms with E-state index in [-0.39, 0.29) is 12.4 Å². The van der Waals surface area contributed by atoms with Gasteiger partial charge in [-0.15, -0.1) is 12.4 Å². The van der Waals surface area contributed by atoms with E-state index in [0.717, 1.165) is 13.1 Å². The molecule has 10 heavy (non-hydrogen) atoms. The topological polar surface area (TPSA) is 12.0 Å². The summed E-state index contributed by atoms with van der Waals surface area (Å²) < 4.78 is 0. The second kappa shape index (κ2) is 5.51. The van der Waals surface area contributed by atoms with Crippen LogP contribution in [-0.4, -0.2) is 13.1 Å². The van der Waals surface area contributed by atoms with Crippen LogP contribution in [0.3, 0.4) is 0 Å². The monoisotopic (exact) mass is 159 g/mol. The Morgan fingerprint density at radius 3 is 2.40 bits per heavy atom. The van der Waals surface area contributed by atoms with Gasteiger partial charge in [-0.3, -0.25) is 0 Å². The summed E-state index contributed by atoms with van der Waals surface area (Å²) in [5.74, 6) is 0. The second-order valence-corrected chi connectivity index (χ2v) is 2.31. The molecule has 0 saturated carbocycles. The summed E-state index contributed by atoms with van der Waals surface area (Å²) in [5, 5.41) is 3.30. The Morgan fingerprint density at radius 2 is 1.90 bits per heavy atom. The normalized spacial score (nSPS) is 17.4. The quantitative estimate of drug-likeness (QED) is 0.617. The fourth-order valence-electron chi connectivity index (χ4n) is 1.08. The molecule has 0 bridgehead atoms. The van der Waals surface area contributed by atoms with Crippen LogP contribution in [0.2, 0.25) is 0 Å². The lowest BCUT2D eigenvalue weighted by Crippen LogP contribution is -2.22. The molecule has 0 aliphatic carbocycles. The predicted molar refractivity (Wildman–Crippen MR) is 47.6 cm³/mol. The third-order valence-electron chi connectivity index (χ3n) is 1.60. The molecule has 0 aromatic carbocycles. The highest BCUT2D eigenvalue weighted by atomic mass is 35.5. The smallest absolute Gasteiger partial charge is 0.00114 e. The molecular formula is C8H14ClN. The van der Waals surface area contributed by atoms with Crippen molar-refractivity contribution in [1.29, 1.82) is 0 Å². The van der Waals surface area contributed by atoms with Crippen molar-refractivity contribution in [2.75, 3.05) is 13.1 Å². The largest absolute Gasteiger partial charge is 0.316 e. The molecule has 0 radical (unpaired) electrons. The van der Waals surface area contributed by atoms with Crippen molar-refractivity contribution in [2.45, 2.75) is 12.8 Å². The highest BCUT2D eigenvalue weighted by molar-refractivity contribution is 5.85. The molecule has 1 aliphatic rings. The first-order valence-corrected chi connectivity index (χ1v) is 3.44. The number of rotatable bonds is 1. The Labute approximate surface area is 68.6 Å². The highest BCUT2D eigenvalue weighted by Gasteiger charge is 2.01. The summed E-state index contributed by atoms with van der Waals surface area (Å²) in [6.45, 7) is 5.94. The lowest BCUT2D eigenvalue weighted by Gasteiger charge is -2.13. The third-order valence-corrected chi connectivity index (χ3v) is 1.60. The van der Waals surface area contributed by atoms with Crippen molar-refractivity contribution in [3.63, 3.8) is 0 Å². The highest BCUT2D eigenvalue weighted by Crippen LogP contribution is 2.08. The Hall–Kier alpha value is -0.270. The number of allylic oxidation sites excluding steroid dienone is 2. The molecule has 1 fully saturated rings. The molecule has 0 spiro atoms. The minimum absolute atomic E-state index is 0. The van der Waals surface area contributed by atoms with Gasteiger partial charge in [-0.2, -0.15) is 0 Å². The van der Waals surface area contributed by atoms with Gasteiger partial charge < -0.3 is 5.32 Å². The molecule has 1 saturated heterocycles. The van der Waals surface area contributed by atoms with Gasteiger partial charge in [0.1, 0.15) is 0 Å². The van der Waals surface area contributed by atoms with Crippen LogP contribution in [0.15, 0.2) is 24.3 Å². The van der Waals surface area contributed by atoms with E-state index < -0.39 is 0 Å². The Morgan fingerprint density at radius 1 is 1.30 bits per heavy atom. The first-order chi connectivity index (χ1) is 4.43. The van der Waals surface area contributed by atoms with E-state index in [4.69, 9.17) is 0 Å². The lowest BCUT2D eigenvalue weighted by molar-refractivity contribution is 0.610. The summed E-state index contributed by atoms with van der Waals surface area (Å²) in [5.41, 5.74) is 1.53. The van der Waals surface area contributed by atoms with E-state index in [0.29, 0.717) is 0 Å². The van der Waals surface area contributed by atoms with Gasteiger partial charge in [-0.05, 0) is 25.9 Å². The number of piperidine rings is 1. The zero-order valence-corrected chi connectivity index (χ0v) is 6.91. The molecule has 0 unspecified atom stereocenters. The van der Waals surface area contributed by atoms with Gasteiger partial charge >= 0.3 is 0 Å². The molecule has 1 N–H and O–H groups in total. The first-order valence-electron chi connectivity index (χ1n) is 3.44. The molecule has 1 aliphatic heterocycles. The Balaban J connectivity index is 0.000000810. The maximum atomic E-state index is 3.66. The van der Waals surface area contributed by atoms with Crippen LogP contribution in [0, 0.1) is 0 Å². The van der Waals surface area contributed by atoms with Gasteiger partial charge in [0.15, 0.2) is 0 Å². The zero-order valence-electron chi connectivity index (χ0n) is 6.10. The molecule has 0 aromatic rings. The SMILES string of the molecule is C=CC=C1CCNCC1.Cl. The van der Waals surface area contributed by atoms with Crippen LogP contribution >= 0.6 is 12.4 Å². The fraction of sp³-hybridized carbons (Fsp3) is 0.500. The summed E-state index contributed by atoms with van der Waals surface area (Å²) in [7, 11) is 0. The first kappa shape index (κ1) is 9.73. The molecule has 1 nitrogen and oxygen atoms in total. The zero-order chi connectivity index (χ0) is 6.53. The van der Waals surface area contributed by atoms with Gasteiger partial charge in [0.05, 0.1) is 0 Å². The average Bonchev–Trinajstić information content (AvgIpc) is 1.91. The number of hydrogen-bond acceptors (Lipinski definition) is 1. The number of hydrogen-bond donors (Lipinski definition) is 1. The molecule has 1 rings (SSSR count). The van der Waals surface area contributed by atoms with E-state index in [9.17, 15) is 0 Å². The van der Waals surface area contributed by atoms with Gasteiger partial charge in [0.2, 0.25) is 0 Å². The lowest BCUT2D eigenvalue weighted by atomic mass is 10.1. The van der Waals surface area contributed by atoms with Crippen LogP contribution in [0.25, 0.3) is 0 Å². The molecule has 1 heterocycles. The third kappa shape index (κ3) is 3.04. The van der Waals surface area contributed by atoms with Gasteiger partial charge in [-0.1, -0.05) is 24.3 Å². The van der Waals surface area contributed by atoms with Crippen molar-refractivity contribution in [3.8, 4) is 0 Å². The maximum Gasteiger partial charge on any atom is -0.00114 e. The molecule has 0 amide bonds. The summed E-state index contributed by atoms with van der Waals surface area (Å²) in [4.78, 5) is 0. The van der Waals surface area contributed by atoms with Crippen LogP contribution in [-0.2, 0) is 0 Å². The van der Waals surface area contributed by atoms with Crippen LogP contribution in [0.5, 0.6) is 0 Å². The van der Waals surface area contributed by atoms with Gasteiger partial charge in [0, 0.05) is 0 Å². The van der Waals surface area contributed by atoms with Gasteiger partial charge in [-0.25, -0.2) is 0 Å². The van der Waals surface area contributed by atoms with E-state index >= 15 is 0 Å². The second-order valence-electron chi connectivity index (χ2n) is 2.31. The Bertz CT molecular complexity index is 121. The van der Waals surface area contributed by atoms with Gasteiger partial charge in [0.25, 0.3) is 0 Å².